The quantitative estimate of drug-likeness (QED) is 0.528. The van der Waals surface area contributed by atoms with Gasteiger partial charge in [0.2, 0.25) is 4.91 Å². The minimum absolute atomic E-state index is 0.165. The molecule has 17 heavy (non-hydrogen) atoms. The number of ether oxygens (including phenoxy) is 1. The van der Waals surface area contributed by atoms with E-state index in [4.69, 9.17) is 10.3 Å². The number of amides is 1. The first-order valence-electron chi connectivity index (χ1n) is 5.56. The Hall–Kier alpha value is -1.46. The maximum atomic E-state index is 11.7. The van der Waals surface area contributed by atoms with Crippen LogP contribution < -0.4 is 4.91 Å². The second kappa shape index (κ2) is 5.25. The van der Waals surface area contributed by atoms with Crippen LogP contribution in [0.2, 0.25) is 0 Å². The second-order valence-electron chi connectivity index (χ2n) is 5.07. The van der Waals surface area contributed by atoms with E-state index >= 15 is 0 Å². The second-order valence-corrected chi connectivity index (χ2v) is 5.07. The summed E-state index contributed by atoms with van der Waals surface area (Å²) in [7, 11) is 0. The Kier molecular flexibility index (Phi) is 4.20. The molecule has 1 saturated heterocycles. The third-order valence-corrected chi connectivity index (χ3v) is 2.40. The van der Waals surface area contributed by atoms with Crippen molar-refractivity contribution in [3.05, 3.63) is 0 Å². The Morgan fingerprint density at radius 2 is 2.24 bits per heavy atom. The highest BCUT2D eigenvalue weighted by molar-refractivity contribution is 5.68. The molecule has 0 bridgehead atoms. The zero-order valence-electron chi connectivity index (χ0n) is 10.4. The largest absolute Gasteiger partial charge is 0.444 e. The van der Waals surface area contributed by atoms with Crippen molar-refractivity contribution in [1.82, 2.24) is 9.81 Å². The van der Waals surface area contributed by atoms with Crippen molar-refractivity contribution in [2.24, 2.45) is 5.11 Å². The van der Waals surface area contributed by atoms with Crippen LogP contribution >= 0.6 is 0 Å². The molecule has 1 heterocycles. The van der Waals surface area contributed by atoms with Crippen LogP contribution in [-0.4, -0.2) is 46.9 Å². The van der Waals surface area contributed by atoms with Crippen LogP contribution in [0.1, 0.15) is 27.2 Å². The number of nitrogens with zero attached hydrogens (tertiary/aromatic N) is 3. The highest BCUT2D eigenvalue weighted by Gasteiger charge is 2.34. The van der Waals surface area contributed by atoms with Gasteiger partial charge in [-0.1, -0.05) is 0 Å². The third kappa shape index (κ3) is 4.13. The molecule has 0 aliphatic carbocycles. The molecule has 7 nitrogen and oxygen atoms in total. The van der Waals surface area contributed by atoms with Gasteiger partial charge in [0.05, 0.1) is 6.54 Å². The summed E-state index contributed by atoms with van der Waals surface area (Å²) in [5, 5.41) is 13.3. The minimum Gasteiger partial charge on any atom is -0.444 e. The Morgan fingerprint density at radius 1 is 1.59 bits per heavy atom. The van der Waals surface area contributed by atoms with Crippen LogP contribution in [0, 0.1) is 5.53 Å². The summed E-state index contributed by atoms with van der Waals surface area (Å²) in [5.41, 5.74) is 6.08. The van der Waals surface area contributed by atoms with Gasteiger partial charge >= 0.3 is 6.09 Å². The molecule has 1 rings (SSSR count). The van der Waals surface area contributed by atoms with Crippen LogP contribution in [0.5, 0.6) is 0 Å². The molecule has 7 heteroatoms. The van der Waals surface area contributed by atoms with Gasteiger partial charge < -0.3 is 14.7 Å². The van der Waals surface area contributed by atoms with Crippen molar-refractivity contribution in [2.75, 3.05) is 13.1 Å². The van der Waals surface area contributed by atoms with Gasteiger partial charge in [-0.15, -0.1) is 0 Å². The van der Waals surface area contributed by atoms with E-state index in [2.05, 4.69) is 10.0 Å². The predicted octanol–water partition coefficient (Wildman–Crippen LogP) is 0.907. The average Bonchev–Trinajstić information content (AvgIpc) is 2.18. The van der Waals surface area contributed by atoms with E-state index in [1.165, 1.54) is 4.90 Å². The van der Waals surface area contributed by atoms with E-state index in [-0.39, 0.29) is 6.54 Å². The van der Waals surface area contributed by atoms with Gasteiger partial charge in [0.15, 0.2) is 6.04 Å². The van der Waals surface area contributed by atoms with Crippen molar-refractivity contribution >= 4 is 6.09 Å². The predicted molar refractivity (Wildman–Crippen MR) is 59.5 cm³/mol. The molecule has 0 spiro atoms. The molecule has 1 fully saturated rings. The molecule has 96 valence electrons. The van der Waals surface area contributed by atoms with Crippen molar-refractivity contribution in [3.63, 3.8) is 0 Å². The first-order valence-corrected chi connectivity index (χ1v) is 5.56. The Balaban J connectivity index is 2.55. The average molecular weight is 243 g/mol. The van der Waals surface area contributed by atoms with Crippen molar-refractivity contribution in [2.45, 2.75) is 44.9 Å². The highest BCUT2D eigenvalue weighted by atomic mass is 16.6. The molecule has 0 radical (unpaired) electrons. The lowest BCUT2D eigenvalue weighted by molar-refractivity contribution is -0.00119. The fourth-order valence-electron chi connectivity index (χ4n) is 1.62. The molecule has 0 aromatic heterocycles. The van der Waals surface area contributed by atoms with Gasteiger partial charge in [0, 0.05) is 6.54 Å². The number of hydrogen-bond donors (Lipinski definition) is 2. The summed E-state index contributed by atoms with van der Waals surface area (Å²) >= 11 is 0. The van der Waals surface area contributed by atoms with Gasteiger partial charge in [-0.05, 0) is 27.2 Å². The first kappa shape index (κ1) is 13.6. The van der Waals surface area contributed by atoms with E-state index in [1.807, 2.05) is 0 Å². The number of nitrogens with one attached hydrogen (secondary N) is 1. The number of hydrogen-bond acceptors (Lipinski definition) is 5. The lowest BCUT2D eigenvalue weighted by Gasteiger charge is -2.33. The molecular weight excluding hydrogens is 224 g/mol. The fraction of sp³-hybridized carbons (Fsp3) is 0.900. The van der Waals surface area contributed by atoms with Crippen LogP contribution in [-0.2, 0) is 4.74 Å². The lowest BCUT2D eigenvalue weighted by atomic mass is 10.0. The summed E-state index contributed by atoms with van der Waals surface area (Å²) in [6, 6.07) is -0.397. The Bertz CT molecular complexity index is 333. The number of β-amino-alcohol motifs (C(OH)–C–C–N with tert-alkyl or cyclic N) is 1. The number of carbonyl (C=O) groups is 1. The van der Waals surface area contributed by atoms with Crippen LogP contribution in [0.15, 0.2) is 5.11 Å². The molecule has 1 amide bonds. The fourth-order valence-corrected chi connectivity index (χ4v) is 1.62. The van der Waals surface area contributed by atoms with Crippen LogP contribution in [0.25, 0.3) is 0 Å². The molecule has 1 aliphatic heterocycles. The number of aliphatic hydroxyl groups is 1. The smallest absolute Gasteiger partial charge is 0.410 e. The van der Waals surface area contributed by atoms with Crippen molar-refractivity contribution < 1.29 is 14.6 Å². The molecule has 2 N–H and O–H groups in total. The molecule has 0 saturated carbocycles. The maximum absolute atomic E-state index is 11.7. The monoisotopic (exact) mass is 243 g/mol. The van der Waals surface area contributed by atoms with E-state index < -0.39 is 23.8 Å². The molecule has 1 aliphatic rings. The maximum Gasteiger partial charge on any atom is 0.410 e. The third-order valence-electron chi connectivity index (χ3n) is 2.40. The van der Waals surface area contributed by atoms with Gasteiger partial charge in [0.1, 0.15) is 22.4 Å². The summed E-state index contributed by atoms with van der Waals surface area (Å²) in [4.78, 5) is 16.1. The summed E-state index contributed by atoms with van der Waals surface area (Å²) < 4.78 is 5.21. The van der Waals surface area contributed by atoms with Crippen LogP contribution in [0.4, 0.5) is 4.79 Å². The Morgan fingerprint density at radius 3 is 2.71 bits per heavy atom. The molecule has 2 unspecified atom stereocenters. The molecule has 0 aromatic rings. The zero-order valence-corrected chi connectivity index (χ0v) is 10.4. The van der Waals surface area contributed by atoms with E-state index in [0.717, 1.165) is 0 Å². The van der Waals surface area contributed by atoms with Crippen molar-refractivity contribution in [1.29, 1.82) is 5.53 Å². The Labute approximate surface area is 100.0 Å². The number of piperidine rings is 1. The van der Waals surface area contributed by atoms with Gasteiger partial charge in [0.25, 0.3) is 0 Å². The molecule has 0 aromatic carbocycles. The zero-order chi connectivity index (χ0) is 13.1. The first-order chi connectivity index (χ1) is 7.83. The van der Waals surface area contributed by atoms with E-state index in [1.54, 1.807) is 20.8 Å². The number of likely N-dealkylation sites (tertiary alicyclic amines) is 1. The normalized spacial score (nSPS) is 25.1. The topological polar surface area (TPSA) is 100 Å². The summed E-state index contributed by atoms with van der Waals surface area (Å²) in [6.07, 6.45) is -0.730. The van der Waals surface area contributed by atoms with Gasteiger partial charge in [-0.3, -0.25) is 0 Å². The number of aliphatic hydroxyl groups excluding tert-OH is 1. The molecular formula is C10H19N4O3+. The van der Waals surface area contributed by atoms with E-state index in [9.17, 15) is 9.90 Å². The van der Waals surface area contributed by atoms with Crippen molar-refractivity contribution in [3.8, 4) is 0 Å². The summed E-state index contributed by atoms with van der Waals surface area (Å²) in [5.74, 6) is 0. The standard InChI is InChI=1S/C10H19N4O3/c1-10(2,3)17-9(16)14-5-4-7(12-13-11)8(15)6-14/h7-8,11,15H,4-6H2,1-3H3/q+1. The van der Waals surface area contributed by atoms with Gasteiger partial charge in [-0.2, -0.15) is 0 Å². The SMILES string of the molecule is CC(C)(C)OC(=O)N1CCC(N=[N+]=N)C(O)C1. The van der Waals surface area contributed by atoms with Crippen LogP contribution in [0.3, 0.4) is 0 Å². The highest BCUT2D eigenvalue weighted by Crippen LogP contribution is 2.17. The summed E-state index contributed by atoms with van der Waals surface area (Å²) in [6.45, 7) is 6.00. The molecule has 2 atom stereocenters. The lowest BCUT2D eigenvalue weighted by Crippen LogP contribution is -2.49. The minimum atomic E-state index is -0.787. The number of rotatable bonds is 1. The van der Waals surface area contributed by atoms with E-state index in [0.29, 0.717) is 13.0 Å². The van der Waals surface area contributed by atoms with Gasteiger partial charge in [-0.25, -0.2) is 4.79 Å². The number of carbonyl (C=O) groups excluding carboxylic acids is 1.